The maximum atomic E-state index is 9.00. The molecule has 0 radical (unpaired) electrons. The van der Waals surface area contributed by atoms with Crippen molar-refractivity contribution in [1.29, 1.82) is 0 Å². The highest BCUT2D eigenvalue weighted by atomic mass is 16.5. The van der Waals surface area contributed by atoms with Crippen LogP contribution in [0.15, 0.2) is 0 Å². The van der Waals surface area contributed by atoms with Gasteiger partial charge < -0.3 is 30.9 Å². The molecule has 0 saturated carbocycles. The van der Waals surface area contributed by atoms with Crippen molar-refractivity contribution in [3.8, 4) is 0 Å². The second-order valence-corrected chi connectivity index (χ2v) is 3.70. The number of aliphatic carboxylic acids is 4. The Kier molecular flexibility index (Phi) is 40.1. The summed E-state index contributed by atoms with van der Waals surface area (Å²) in [6.45, 7) is 7.75. The summed E-state index contributed by atoms with van der Waals surface area (Å²) < 4.78 is 4.89. The molecule has 11 nitrogen and oxygen atoms in total. The Labute approximate surface area is 141 Å². The number of carbonyl (C=O) groups is 4. The van der Waals surface area contributed by atoms with Crippen LogP contribution in [0.3, 0.4) is 0 Å². The number of hydrogen-bond acceptors (Lipinski definition) is 7. The molecular weight excluding hydrogens is 328 g/mol. The molecule has 0 spiro atoms. The molecule has 0 saturated heterocycles. The van der Waals surface area contributed by atoms with E-state index in [0.29, 0.717) is 6.54 Å². The summed E-state index contributed by atoms with van der Waals surface area (Å²) in [6, 6.07) is 0. The van der Waals surface area contributed by atoms with Crippen molar-refractivity contribution < 1.29 is 44.3 Å². The minimum absolute atomic E-state index is 0.124. The number of hydrogen-bond donors (Lipinski definition) is 6. The zero-order chi connectivity index (χ0) is 20.7. The summed E-state index contributed by atoms with van der Waals surface area (Å²) in [5.74, 6) is -3.33. The molecule has 7 N–H and O–H groups in total. The van der Waals surface area contributed by atoms with E-state index in [1.807, 2.05) is 6.92 Å². The number of methoxy groups -OCH3 is 1. The molecule has 0 rings (SSSR count). The minimum Gasteiger partial charge on any atom is -0.481 e. The molecule has 0 bridgehead atoms. The highest BCUT2D eigenvalue weighted by Crippen LogP contribution is 1.76. The molecule has 1 unspecified atom stereocenters. The zero-order valence-corrected chi connectivity index (χ0v) is 14.9. The van der Waals surface area contributed by atoms with E-state index < -0.39 is 23.9 Å². The molecule has 1 atom stereocenters. The van der Waals surface area contributed by atoms with Gasteiger partial charge in [-0.1, -0.05) is 0 Å². The first-order valence-corrected chi connectivity index (χ1v) is 6.48. The van der Waals surface area contributed by atoms with E-state index in [-0.39, 0.29) is 6.23 Å². The standard InChI is InChI=1S/C5H14N2O.4C2H4O2/c1-5(8-2)7-4-3-6;4*1-2(3)4/h5,7H,3-4,6H2,1-2H3;4*1H3,(H,3,4). The Hall–Kier alpha value is -2.24. The van der Waals surface area contributed by atoms with Crippen LogP contribution in [0, 0.1) is 0 Å². The van der Waals surface area contributed by atoms with Gasteiger partial charge in [-0.15, -0.1) is 0 Å². The normalized spacial score (nSPS) is 8.79. The smallest absolute Gasteiger partial charge is 0.300 e. The van der Waals surface area contributed by atoms with Gasteiger partial charge in [0.05, 0.1) is 0 Å². The first-order chi connectivity index (χ1) is 10.7. The number of ether oxygens (including phenoxy) is 1. The fourth-order valence-corrected chi connectivity index (χ4v) is 0.370. The molecule has 0 amide bonds. The van der Waals surface area contributed by atoms with Gasteiger partial charge in [-0.3, -0.25) is 24.5 Å². The first-order valence-electron chi connectivity index (χ1n) is 6.48. The van der Waals surface area contributed by atoms with Gasteiger partial charge in [0.15, 0.2) is 0 Å². The van der Waals surface area contributed by atoms with Crippen LogP contribution in [0.4, 0.5) is 0 Å². The van der Waals surface area contributed by atoms with Crippen molar-refractivity contribution in [1.82, 2.24) is 5.32 Å². The van der Waals surface area contributed by atoms with Crippen molar-refractivity contribution in [2.45, 2.75) is 40.8 Å². The maximum absolute atomic E-state index is 9.00. The summed E-state index contributed by atoms with van der Waals surface area (Å²) in [7, 11) is 1.66. The van der Waals surface area contributed by atoms with Crippen molar-refractivity contribution in [2.75, 3.05) is 20.2 Å². The quantitative estimate of drug-likeness (QED) is 0.367. The minimum atomic E-state index is -0.833. The first kappa shape index (κ1) is 33.4. The summed E-state index contributed by atoms with van der Waals surface area (Å²) in [5.41, 5.74) is 5.21. The summed E-state index contributed by atoms with van der Waals surface area (Å²) in [5, 5.41) is 32.7. The third-order valence-electron chi connectivity index (χ3n) is 0.930. The molecule has 0 aliphatic rings. The highest BCUT2D eigenvalue weighted by molar-refractivity contribution is 5.63. The van der Waals surface area contributed by atoms with Crippen LogP contribution in [-0.2, 0) is 23.9 Å². The second-order valence-electron chi connectivity index (χ2n) is 3.70. The lowest BCUT2D eigenvalue weighted by molar-refractivity contribution is -0.135. The molecule has 0 aromatic rings. The summed E-state index contributed by atoms with van der Waals surface area (Å²) in [4.78, 5) is 36.0. The van der Waals surface area contributed by atoms with Crippen molar-refractivity contribution in [2.24, 2.45) is 5.73 Å². The number of rotatable bonds is 4. The van der Waals surface area contributed by atoms with Gasteiger partial charge in [-0.05, 0) is 6.92 Å². The lowest BCUT2D eigenvalue weighted by Crippen LogP contribution is -2.32. The third kappa shape index (κ3) is 492. The van der Waals surface area contributed by atoms with Crippen molar-refractivity contribution in [3.05, 3.63) is 0 Å². The SMILES string of the molecule is CC(=O)O.CC(=O)O.CC(=O)O.CC(=O)O.COC(C)NCCN. The predicted octanol–water partition coefficient (Wildman–Crippen LogP) is -0.109. The fourth-order valence-electron chi connectivity index (χ4n) is 0.370. The van der Waals surface area contributed by atoms with Crippen molar-refractivity contribution in [3.63, 3.8) is 0 Å². The van der Waals surface area contributed by atoms with Crippen LogP contribution in [0.2, 0.25) is 0 Å². The monoisotopic (exact) mass is 358 g/mol. The molecule has 24 heavy (non-hydrogen) atoms. The molecule has 0 aromatic heterocycles. The van der Waals surface area contributed by atoms with E-state index in [9.17, 15) is 0 Å². The fraction of sp³-hybridized carbons (Fsp3) is 0.692. The largest absolute Gasteiger partial charge is 0.481 e. The Balaban J connectivity index is -0.0000000657. The number of carboxylic acids is 4. The average molecular weight is 358 g/mol. The van der Waals surface area contributed by atoms with Gasteiger partial charge in [-0.2, -0.15) is 0 Å². The highest BCUT2D eigenvalue weighted by Gasteiger charge is 1.92. The van der Waals surface area contributed by atoms with Gasteiger partial charge >= 0.3 is 0 Å². The molecule has 0 fully saturated rings. The van der Waals surface area contributed by atoms with Gasteiger partial charge in [0, 0.05) is 47.9 Å². The number of carboxylic acid groups (broad SMARTS) is 4. The van der Waals surface area contributed by atoms with Crippen LogP contribution >= 0.6 is 0 Å². The van der Waals surface area contributed by atoms with Crippen LogP contribution in [0.5, 0.6) is 0 Å². The van der Waals surface area contributed by atoms with E-state index in [2.05, 4.69) is 5.32 Å². The van der Waals surface area contributed by atoms with Crippen LogP contribution in [0.25, 0.3) is 0 Å². The molecule has 146 valence electrons. The van der Waals surface area contributed by atoms with Crippen LogP contribution in [0.1, 0.15) is 34.6 Å². The second kappa shape index (κ2) is 28.9. The lowest BCUT2D eigenvalue weighted by Gasteiger charge is -2.09. The van der Waals surface area contributed by atoms with Gasteiger partial charge in [-0.25, -0.2) is 0 Å². The number of nitrogens with two attached hydrogens (primary N) is 1. The predicted molar refractivity (Wildman–Crippen MR) is 86.8 cm³/mol. The summed E-state index contributed by atoms with van der Waals surface area (Å²) >= 11 is 0. The van der Waals surface area contributed by atoms with E-state index in [0.717, 1.165) is 34.2 Å². The van der Waals surface area contributed by atoms with E-state index in [1.54, 1.807) is 7.11 Å². The third-order valence-corrected chi connectivity index (χ3v) is 0.930. The van der Waals surface area contributed by atoms with Gasteiger partial charge in [0.2, 0.25) is 0 Å². The Morgan fingerprint density at radius 2 is 1.08 bits per heavy atom. The van der Waals surface area contributed by atoms with Gasteiger partial charge in [0.1, 0.15) is 6.23 Å². The lowest BCUT2D eigenvalue weighted by atomic mass is 10.6. The van der Waals surface area contributed by atoms with Crippen LogP contribution in [-0.4, -0.2) is 70.7 Å². The van der Waals surface area contributed by atoms with E-state index in [1.165, 1.54) is 0 Å². The van der Waals surface area contributed by atoms with E-state index in [4.69, 9.17) is 50.1 Å². The molecule has 0 aliphatic carbocycles. The van der Waals surface area contributed by atoms with Gasteiger partial charge in [0.25, 0.3) is 23.9 Å². The average Bonchev–Trinajstić information content (AvgIpc) is 2.33. The molecule has 0 aliphatic heterocycles. The number of nitrogens with one attached hydrogen (secondary N) is 1. The molecular formula is C13H30N2O9. The van der Waals surface area contributed by atoms with E-state index >= 15 is 0 Å². The summed E-state index contributed by atoms with van der Waals surface area (Å²) in [6.07, 6.45) is 0.124. The Bertz CT molecular complexity index is 259. The van der Waals surface area contributed by atoms with Crippen LogP contribution < -0.4 is 11.1 Å². The van der Waals surface area contributed by atoms with Crippen molar-refractivity contribution >= 4 is 23.9 Å². The Morgan fingerprint density at radius 1 is 0.875 bits per heavy atom. The maximum Gasteiger partial charge on any atom is 0.300 e. The topological polar surface area (TPSA) is 196 Å². The Morgan fingerprint density at radius 3 is 1.21 bits per heavy atom. The molecule has 0 aromatic carbocycles. The molecule has 0 heterocycles. The molecule has 11 heteroatoms. The zero-order valence-electron chi connectivity index (χ0n) is 14.9.